The Morgan fingerprint density at radius 1 is 0.655 bits per heavy atom. The van der Waals surface area contributed by atoms with Crippen LogP contribution in [0.2, 0.25) is 0 Å². The van der Waals surface area contributed by atoms with Crippen LogP contribution in [0.25, 0.3) is 0 Å². The molecule has 29 heavy (non-hydrogen) atoms. The summed E-state index contributed by atoms with van der Waals surface area (Å²) in [5, 5.41) is 26.1. The number of hydrogen-bond acceptors (Lipinski definition) is 7. The predicted octanol–water partition coefficient (Wildman–Crippen LogP) is 2.08. The SMILES string of the molecule is CNC([S-])=NN=C(C(=NN=C([S-])NC)c1ccc(NC)cc1)c1ccccc1.[Cu+2]. The van der Waals surface area contributed by atoms with Crippen LogP contribution in [0.4, 0.5) is 5.69 Å². The first-order chi connectivity index (χ1) is 13.6. The molecule has 0 spiro atoms. The summed E-state index contributed by atoms with van der Waals surface area (Å²) in [6, 6.07) is 17.3. The zero-order valence-electron chi connectivity index (χ0n) is 16.1. The second-order valence-corrected chi connectivity index (χ2v) is 6.17. The zero-order valence-corrected chi connectivity index (χ0v) is 18.7. The van der Waals surface area contributed by atoms with Gasteiger partial charge in [0.2, 0.25) is 0 Å². The third-order valence-corrected chi connectivity index (χ3v) is 4.20. The van der Waals surface area contributed by atoms with Crippen LogP contribution in [-0.4, -0.2) is 42.9 Å². The molecule has 7 nitrogen and oxygen atoms in total. The second-order valence-electron chi connectivity index (χ2n) is 5.40. The molecule has 0 bridgehead atoms. The maximum Gasteiger partial charge on any atom is 2.00 e. The van der Waals surface area contributed by atoms with Crippen LogP contribution in [0.15, 0.2) is 75.0 Å². The summed E-state index contributed by atoms with van der Waals surface area (Å²) in [6.07, 6.45) is 0. The molecule has 0 aliphatic heterocycles. The van der Waals surface area contributed by atoms with E-state index < -0.39 is 0 Å². The molecule has 1 radical (unpaired) electrons. The molecule has 0 unspecified atom stereocenters. The van der Waals surface area contributed by atoms with Crippen molar-refractivity contribution in [3.05, 3.63) is 65.7 Å². The van der Waals surface area contributed by atoms with E-state index in [1.165, 1.54) is 0 Å². The predicted molar refractivity (Wildman–Crippen MR) is 123 cm³/mol. The van der Waals surface area contributed by atoms with E-state index in [0.717, 1.165) is 16.8 Å². The Morgan fingerprint density at radius 2 is 1.10 bits per heavy atom. The Kier molecular flexibility index (Phi) is 10.9. The van der Waals surface area contributed by atoms with Crippen LogP contribution in [0.5, 0.6) is 0 Å². The molecular formula is C19H21CuN7S2. The van der Waals surface area contributed by atoms with Crippen LogP contribution >= 0.6 is 0 Å². The normalized spacial score (nSPS) is 12.8. The molecule has 0 aliphatic rings. The van der Waals surface area contributed by atoms with Crippen LogP contribution in [-0.2, 0) is 42.3 Å². The number of anilines is 1. The Balaban J connectivity index is 0.00000420. The third kappa shape index (κ3) is 7.43. The number of benzene rings is 2. The number of nitrogens with zero attached hydrogens (tertiary/aromatic N) is 4. The van der Waals surface area contributed by atoms with Gasteiger partial charge in [0.1, 0.15) is 11.4 Å². The molecule has 10 heteroatoms. The van der Waals surface area contributed by atoms with Gasteiger partial charge in [-0.2, -0.15) is 10.2 Å². The van der Waals surface area contributed by atoms with Crippen LogP contribution < -0.4 is 16.0 Å². The van der Waals surface area contributed by atoms with Gasteiger partial charge in [0.15, 0.2) is 0 Å². The fourth-order valence-electron chi connectivity index (χ4n) is 2.17. The average Bonchev–Trinajstić information content (AvgIpc) is 2.76. The number of hydrogen-bond donors (Lipinski definition) is 3. The monoisotopic (exact) mass is 474 g/mol. The van der Waals surface area contributed by atoms with Crippen molar-refractivity contribution in [2.24, 2.45) is 20.4 Å². The smallest absolute Gasteiger partial charge is 0.741 e. The van der Waals surface area contributed by atoms with Crippen LogP contribution in [0.3, 0.4) is 0 Å². The standard InChI is InChI=1S/C19H23N7S2.Cu/c1-20-15-11-9-14(10-12-15)17(24-26-19(28)22-3)16(23-25-18(27)21-2)13-7-5-4-6-8-13;/h4-12,20H,1-3H3,(H2,21,25,27)(H2,22,26,28);/q;+2/p-2. The second kappa shape index (κ2) is 12.8. The Hall–Kier alpha value is -2.52. The van der Waals surface area contributed by atoms with Crippen molar-refractivity contribution in [1.82, 2.24) is 10.6 Å². The average molecular weight is 475 g/mol. The molecule has 0 saturated heterocycles. The van der Waals surface area contributed by atoms with Crippen molar-refractivity contribution >= 4 is 52.7 Å². The molecule has 0 atom stereocenters. The van der Waals surface area contributed by atoms with E-state index in [0.29, 0.717) is 11.4 Å². The zero-order chi connectivity index (χ0) is 20.4. The van der Waals surface area contributed by atoms with E-state index in [9.17, 15) is 0 Å². The van der Waals surface area contributed by atoms with Crippen LogP contribution in [0.1, 0.15) is 11.1 Å². The molecule has 2 rings (SSSR count). The molecule has 3 N–H and O–H groups in total. The van der Waals surface area contributed by atoms with Gasteiger partial charge in [0.25, 0.3) is 0 Å². The van der Waals surface area contributed by atoms with Gasteiger partial charge in [-0.1, -0.05) is 42.5 Å². The van der Waals surface area contributed by atoms with Gasteiger partial charge in [0.05, 0.1) is 0 Å². The maximum atomic E-state index is 5.10. The summed E-state index contributed by atoms with van der Waals surface area (Å²) in [6.45, 7) is 0. The van der Waals surface area contributed by atoms with Crippen molar-refractivity contribution in [2.45, 2.75) is 0 Å². The fraction of sp³-hybridized carbons (Fsp3) is 0.158. The van der Waals surface area contributed by atoms with E-state index in [1.54, 1.807) is 14.1 Å². The minimum atomic E-state index is 0. The number of amidine groups is 2. The van der Waals surface area contributed by atoms with E-state index in [4.69, 9.17) is 25.3 Å². The first kappa shape index (κ1) is 24.5. The van der Waals surface area contributed by atoms with E-state index in [2.05, 4.69) is 36.4 Å². The largest absolute Gasteiger partial charge is 2.00 e. The minimum absolute atomic E-state index is 0. The van der Waals surface area contributed by atoms with Gasteiger partial charge >= 0.3 is 17.1 Å². The van der Waals surface area contributed by atoms with Crippen LogP contribution in [0, 0.1) is 0 Å². The molecule has 0 fully saturated rings. The Labute approximate surface area is 192 Å². The van der Waals surface area contributed by atoms with Gasteiger partial charge in [-0.15, -0.1) is 10.2 Å². The quantitative estimate of drug-likeness (QED) is 0.196. The fourth-order valence-corrected chi connectivity index (χ4v) is 2.25. The first-order valence-corrected chi connectivity index (χ1v) is 9.25. The molecule has 155 valence electrons. The number of rotatable bonds is 6. The Morgan fingerprint density at radius 3 is 1.52 bits per heavy atom. The topological polar surface area (TPSA) is 85.5 Å². The van der Waals surface area contributed by atoms with Gasteiger partial charge < -0.3 is 41.2 Å². The molecule has 2 aromatic carbocycles. The van der Waals surface area contributed by atoms with E-state index >= 15 is 0 Å². The first-order valence-electron chi connectivity index (χ1n) is 8.43. The summed E-state index contributed by atoms with van der Waals surface area (Å²) in [4.78, 5) is 0. The van der Waals surface area contributed by atoms with E-state index in [1.807, 2.05) is 61.6 Å². The summed E-state index contributed by atoms with van der Waals surface area (Å²) in [5.41, 5.74) is 3.67. The number of nitrogens with one attached hydrogen (secondary N) is 3. The molecule has 0 aromatic heterocycles. The van der Waals surface area contributed by atoms with Crippen molar-refractivity contribution < 1.29 is 17.1 Å². The van der Waals surface area contributed by atoms with Crippen molar-refractivity contribution in [3.8, 4) is 0 Å². The maximum absolute atomic E-state index is 5.10. The molecular weight excluding hydrogens is 454 g/mol. The van der Waals surface area contributed by atoms with Crippen molar-refractivity contribution in [2.75, 3.05) is 26.5 Å². The third-order valence-electron chi connectivity index (χ3n) is 3.63. The van der Waals surface area contributed by atoms with Gasteiger partial charge in [0, 0.05) is 38.0 Å². The van der Waals surface area contributed by atoms with Gasteiger partial charge in [-0.05, 0) is 22.5 Å². The summed E-state index contributed by atoms with van der Waals surface area (Å²) >= 11 is 10.2. The molecule has 0 aliphatic carbocycles. The summed E-state index contributed by atoms with van der Waals surface area (Å²) in [7, 11) is 5.24. The van der Waals surface area contributed by atoms with E-state index in [-0.39, 0.29) is 27.4 Å². The molecule has 0 heterocycles. The van der Waals surface area contributed by atoms with Gasteiger partial charge in [-0.25, -0.2) is 0 Å². The Bertz CT molecular complexity index is 895. The van der Waals surface area contributed by atoms with Gasteiger partial charge in [-0.3, -0.25) is 0 Å². The molecule has 2 aromatic rings. The van der Waals surface area contributed by atoms with Crippen molar-refractivity contribution in [1.29, 1.82) is 0 Å². The molecule has 0 saturated carbocycles. The van der Waals surface area contributed by atoms with Crippen molar-refractivity contribution in [3.63, 3.8) is 0 Å². The minimum Gasteiger partial charge on any atom is -0.741 e. The molecule has 0 amide bonds. The summed E-state index contributed by atoms with van der Waals surface area (Å²) in [5.74, 6) is 0. The summed E-state index contributed by atoms with van der Waals surface area (Å²) < 4.78 is 0.